The molecule has 6 nitrogen and oxygen atoms in total. The van der Waals surface area contributed by atoms with Crippen LogP contribution in [0, 0.1) is 5.41 Å². The van der Waals surface area contributed by atoms with E-state index < -0.39 is 0 Å². The molecule has 1 aromatic heterocycles. The summed E-state index contributed by atoms with van der Waals surface area (Å²) in [5.41, 5.74) is -0.160. The molecular formula is C3H7N5O. The van der Waals surface area contributed by atoms with Crippen molar-refractivity contribution in [1.29, 1.82) is 5.41 Å². The van der Waals surface area contributed by atoms with Gasteiger partial charge in [0.2, 0.25) is 11.5 Å². The van der Waals surface area contributed by atoms with Crippen molar-refractivity contribution in [3.63, 3.8) is 0 Å². The zero-order chi connectivity index (χ0) is 7.02. The highest BCUT2D eigenvalue weighted by atomic mass is 16.3. The number of aromatic nitrogens is 2. The Morgan fingerprint density at radius 2 is 2.11 bits per heavy atom. The van der Waals surface area contributed by atoms with E-state index in [9.17, 15) is 0 Å². The van der Waals surface area contributed by atoms with E-state index in [1.807, 2.05) is 0 Å². The summed E-state index contributed by atoms with van der Waals surface area (Å²) in [5, 5.41) is 15.7. The third-order valence-corrected chi connectivity index (χ3v) is 0.974. The molecule has 0 fully saturated rings. The van der Waals surface area contributed by atoms with E-state index in [0.717, 1.165) is 15.5 Å². The molecule has 6 heteroatoms. The quantitative estimate of drug-likeness (QED) is 0.301. The van der Waals surface area contributed by atoms with E-state index in [1.54, 1.807) is 0 Å². The summed E-state index contributed by atoms with van der Waals surface area (Å²) in [5.74, 6) is 9.96. The monoisotopic (exact) mass is 129 g/mol. The van der Waals surface area contributed by atoms with Gasteiger partial charge < -0.3 is 16.8 Å². The highest BCUT2D eigenvalue weighted by molar-refractivity contribution is 5.03. The Balaban J connectivity index is 3.48. The maximum absolute atomic E-state index is 8.74. The van der Waals surface area contributed by atoms with Crippen LogP contribution in [0.5, 0.6) is 5.88 Å². The first-order chi connectivity index (χ1) is 4.13. The van der Waals surface area contributed by atoms with Gasteiger partial charge >= 0.3 is 0 Å². The Labute approximate surface area is 50.4 Å². The number of imidazole rings is 1. The molecule has 1 rings (SSSR count). The van der Waals surface area contributed by atoms with Gasteiger partial charge in [-0.3, -0.25) is 5.41 Å². The predicted octanol–water partition coefficient (Wildman–Crippen LogP) is -2.10. The summed E-state index contributed by atoms with van der Waals surface area (Å²) in [6, 6.07) is 0. The topological polar surface area (TPSA) is 106 Å². The molecule has 0 aliphatic carbocycles. The third-order valence-electron chi connectivity index (χ3n) is 0.974. The van der Waals surface area contributed by atoms with Crippen molar-refractivity contribution in [3.8, 4) is 5.88 Å². The Bertz CT molecular complexity index is 270. The summed E-state index contributed by atoms with van der Waals surface area (Å²) in [6.07, 6.45) is 1.14. The predicted molar refractivity (Wildman–Crippen MR) is 30.2 cm³/mol. The molecule has 0 unspecified atom stereocenters. The lowest BCUT2D eigenvalue weighted by Crippen LogP contribution is -2.32. The van der Waals surface area contributed by atoms with Crippen LogP contribution < -0.4 is 17.3 Å². The standard InChI is InChI=1S/C3H7N5O/c4-3-7(5)1-2(9)8(3)6/h1,4,9H,5-6H2. The fourth-order valence-corrected chi connectivity index (χ4v) is 0.481. The van der Waals surface area contributed by atoms with Crippen molar-refractivity contribution >= 4 is 0 Å². The Morgan fingerprint density at radius 1 is 1.56 bits per heavy atom. The minimum Gasteiger partial charge on any atom is -0.492 e. The number of nitrogens with two attached hydrogens (primary N) is 2. The Kier molecular flexibility index (Phi) is 0.888. The summed E-state index contributed by atoms with van der Waals surface area (Å²) in [6.45, 7) is 0. The molecule has 0 radical (unpaired) electrons. The Hall–Kier alpha value is -1.59. The molecule has 9 heavy (non-hydrogen) atoms. The maximum Gasteiger partial charge on any atom is 0.242 e. The van der Waals surface area contributed by atoms with Crippen molar-refractivity contribution in [2.45, 2.75) is 0 Å². The second-order valence-corrected chi connectivity index (χ2v) is 1.59. The minimum absolute atomic E-state index is 0.160. The van der Waals surface area contributed by atoms with E-state index in [0.29, 0.717) is 0 Å². The lowest BCUT2D eigenvalue weighted by atomic mass is 10.9. The number of nitrogens with one attached hydrogen (secondary N) is 1. The molecule has 0 atom stereocenters. The lowest BCUT2D eigenvalue weighted by molar-refractivity contribution is 0.434. The van der Waals surface area contributed by atoms with Crippen LogP contribution in [0.2, 0.25) is 0 Å². The fourth-order valence-electron chi connectivity index (χ4n) is 0.481. The molecule has 0 aromatic carbocycles. The van der Waals surface area contributed by atoms with Crippen molar-refractivity contribution in [2.24, 2.45) is 0 Å². The van der Waals surface area contributed by atoms with Crippen LogP contribution in [0.15, 0.2) is 6.20 Å². The summed E-state index contributed by atoms with van der Waals surface area (Å²) < 4.78 is 1.68. The molecule has 0 saturated heterocycles. The minimum atomic E-state index is -0.234. The van der Waals surface area contributed by atoms with Crippen molar-refractivity contribution in [2.75, 3.05) is 11.7 Å². The van der Waals surface area contributed by atoms with E-state index in [2.05, 4.69) is 0 Å². The molecule has 1 heterocycles. The highest BCUT2D eigenvalue weighted by Gasteiger charge is 1.98. The average Bonchev–Trinajstić information content (AvgIpc) is 1.98. The summed E-state index contributed by atoms with van der Waals surface area (Å²) in [4.78, 5) is 0. The van der Waals surface area contributed by atoms with Gasteiger partial charge in [0, 0.05) is 0 Å². The van der Waals surface area contributed by atoms with E-state index in [-0.39, 0.29) is 11.5 Å². The smallest absolute Gasteiger partial charge is 0.242 e. The molecule has 6 N–H and O–H groups in total. The second-order valence-electron chi connectivity index (χ2n) is 1.59. The molecule has 0 spiro atoms. The van der Waals surface area contributed by atoms with Gasteiger partial charge in [-0.05, 0) is 0 Å². The first kappa shape index (κ1) is 5.54. The first-order valence-electron chi connectivity index (χ1n) is 2.21. The van der Waals surface area contributed by atoms with E-state index >= 15 is 0 Å². The highest BCUT2D eigenvalue weighted by Crippen LogP contribution is 1.96. The van der Waals surface area contributed by atoms with Crippen molar-refractivity contribution < 1.29 is 5.11 Å². The number of rotatable bonds is 0. The summed E-state index contributed by atoms with van der Waals surface area (Å²) >= 11 is 0. The Morgan fingerprint density at radius 3 is 2.22 bits per heavy atom. The molecule has 0 amide bonds. The third kappa shape index (κ3) is 0.600. The van der Waals surface area contributed by atoms with Crippen LogP contribution in [0.1, 0.15) is 0 Å². The zero-order valence-corrected chi connectivity index (χ0v) is 4.57. The van der Waals surface area contributed by atoms with Crippen LogP contribution in [-0.4, -0.2) is 14.5 Å². The fraction of sp³-hybridized carbons (Fsp3) is 0. The number of nitrogens with zero attached hydrogens (tertiary/aromatic N) is 2. The number of nitrogen functional groups attached to an aromatic ring is 2. The van der Waals surface area contributed by atoms with E-state index in [4.69, 9.17) is 22.2 Å². The lowest BCUT2D eigenvalue weighted by Gasteiger charge is -1.89. The van der Waals surface area contributed by atoms with Crippen LogP contribution in [0.25, 0.3) is 0 Å². The molecule has 0 saturated carbocycles. The molecule has 0 aliphatic heterocycles. The van der Waals surface area contributed by atoms with Gasteiger partial charge in [0.15, 0.2) is 0 Å². The van der Waals surface area contributed by atoms with Gasteiger partial charge in [-0.1, -0.05) is 0 Å². The number of hydrogen-bond acceptors (Lipinski definition) is 4. The van der Waals surface area contributed by atoms with Crippen LogP contribution in [0.3, 0.4) is 0 Å². The van der Waals surface area contributed by atoms with Gasteiger partial charge in [0.25, 0.3) is 0 Å². The molecule has 1 aromatic rings. The van der Waals surface area contributed by atoms with Crippen LogP contribution in [-0.2, 0) is 0 Å². The first-order valence-corrected chi connectivity index (χ1v) is 2.21. The van der Waals surface area contributed by atoms with Gasteiger partial charge in [-0.2, -0.15) is 4.68 Å². The molecular weight excluding hydrogens is 122 g/mol. The van der Waals surface area contributed by atoms with Crippen LogP contribution in [0.4, 0.5) is 0 Å². The second kappa shape index (κ2) is 1.44. The number of hydrogen-bond donors (Lipinski definition) is 4. The van der Waals surface area contributed by atoms with Crippen LogP contribution >= 0.6 is 0 Å². The maximum atomic E-state index is 8.74. The van der Waals surface area contributed by atoms with Crippen molar-refractivity contribution in [3.05, 3.63) is 11.8 Å². The van der Waals surface area contributed by atoms with Crippen molar-refractivity contribution in [1.82, 2.24) is 9.35 Å². The van der Waals surface area contributed by atoms with Gasteiger partial charge in [-0.25, -0.2) is 4.68 Å². The van der Waals surface area contributed by atoms with E-state index in [1.165, 1.54) is 0 Å². The molecule has 50 valence electrons. The molecule has 0 bridgehead atoms. The summed E-state index contributed by atoms with van der Waals surface area (Å²) in [7, 11) is 0. The molecule has 0 aliphatic rings. The average molecular weight is 129 g/mol. The van der Waals surface area contributed by atoms with Gasteiger partial charge in [0.05, 0.1) is 6.20 Å². The SMILES string of the molecule is N=c1n(N)cc(O)n1N. The zero-order valence-electron chi connectivity index (χ0n) is 4.57. The largest absolute Gasteiger partial charge is 0.492 e. The van der Waals surface area contributed by atoms with Gasteiger partial charge in [-0.15, -0.1) is 0 Å². The van der Waals surface area contributed by atoms with Gasteiger partial charge in [0.1, 0.15) is 0 Å². The normalized spacial score (nSPS) is 9.78. The number of aromatic hydroxyl groups is 1.